The van der Waals surface area contributed by atoms with Crippen molar-refractivity contribution in [1.29, 1.82) is 0 Å². The lowest BCUT2D eigenvalue weighted by Crippen LogP contribution is -2.11. The summed E-state index contributed by atoms with van der Waals surface area (Å²) in [7, 11) is 0. The molecule has 0 fully saturated rings. The van der Waals surface area contributed by atoms with E-state index in [0.29, 0.717) is 0 Å². The fraction of sp³-hybridized carbons (Fsp3) is 0.250. The molecule has 0 unspecified atom stereocenters. The molecule has 0 radical (unpaired) electrons. The summed E-state index contributed by atoms with van der Waals surface area (Å²) >= 11 is 6.60. The summed E-state index contributed by atoms with van der Waals surface area (Å²) in [5, 5.41) is 0. The Bertz CT molecular complexity index is 258. The van der Waals surface area contributed by atoms with Crippen LogP contribution in [0.4, 0.5) is 4.39 Å². The average molecular weight is 297 g/mol. The largest absolute Gasteiger partial charge is 0.322 e. The molecule has 1 rings (SSSR count). The van der Waals surface area contributed by atoms with Gasteiger partial charge in [-0.2, -0.15) is 0 Å². The molecule has 1 atom stereocenters. The van der Waals surface area contributed by atoms with Crippen molar-refractivity contribution in [1.82, 2.24) is 0 Å². The zero-order valence-electron chi connectivity index (χ0n) is 6.23. The maximum absolute atomic E-state index is 12.2. The van der Waals surface area contributed by atoms with E-state index in [4.69, 9.17) is 5.73 Å². The van der Waals surface area contributed by atoms with Crippen LogP contribution in [0.25, 0.3) is 0 Å². The summed E-state index contributed by atoms with van der Waals surface area (Å²) in [4.78, 5) is 0. The first-order chi connectivity index (χ1) is 5.63. The van der Waals surface area contributed by atoms with Crippen molar-refractivity contribution in [2.75, 3.05) is 6.67 Å². The number of benzene rings is 1. The fourth-order valence-electron chi connectivity index (χ4n) is 0.878. The van der Waals surface area contributed by atoms with Gasteiger partial charge in [0, 0.05) is 8.95 Å². The summed E-state index contributed by atoms with van der Waals surface area (Å²) < 4.78 is 14.0. The first-order valence-corrected chi connectivity index (χ1v) is 4.99. The molecule has 0 spiro atoms. The van der Waals surface area contributed by atoms with E-state index in [1.165, 1.54) is 0 Å². The van der Waals surface area contributed by atoms with E-state index in [1.54, 1.807) is 0 Å². The van der Waals surface area contributed by atoms with Crippen LogP contribution in [0.3, 0.4) is 0 Å². The standard InChI is InChI=1S/C8H8Br2FN/c9-6-1-5(8(12)4-11)2-7(10)3-6/h1-3,8H,4,12H2/t8-/m0/s1. The van der Waals surface area contributed by atoms with Crippen LogP contribution < -0.4 is 5.73 Å². The SMILES string of the molecule is N[C@@H](CF)c1cc(Br)cc(Br)c1. The van der Waals surface area contributed by atoms with Gasteiger partial charge in [0.05, 0.1) is 6.04 Å². The molecule has 4 heteroatoms. The third-order valence-corrected chi connectivity index (χ3v) is 2.39. The highest BCUT2D eigenvalue weighted by atomic mass is 79.9. The van der Waals surface area contributed by atoms with E-state index in [2.05, 4.69) is 31.9 Å². The topological polar surface area (TPSA) is 26.0 Å². The fourth-order valence-corrected chi connectivity index (χ4v) is 2.21. The second-order valence-corrected chi connectivity index (χ2v) is 4.29. The Balaban J connectivity index is 3.00. The molecule has 2 N–H and O–H groups in total. The van der Waals surface area contributed by atoms with Gasteiger partial charge in [-0.25, -0.2) is 4.39 Å². The van der Waals surface area contributed by atoms with Gasteiger partial charge in [-0.1, -0.05) is 31.9 Å². The van der Waals surface area contributed by atoms with E-state index in [0.717, 1.165) is 14.5 Å². The van der Waals surface area contributed by atoms with E-state index in [9.17, 15) is 4.39 Å². The Morgan fingerprint density at radius 3 is 2.17 bits per heavy atom. The van der Waals surface area contributed by atoms with Crippen LogP contribution in [-0.4, -0.2) is 6.67 Å². The number of hydrogen-bond acceptors (Lipinski definition) is 1. The molecule has 0 heterocycles. The average Bonchev–Trinajstić information content (AvgIpc) is 2.01. The van der Waals surface area contributed by atoms with E-state index < -0.39 is 12.7 Å². The molecule has 1 aromatic rings. The highest BCUT2D eigenvalue weighted by Gasteiger charge is 2.06. The van der Waals surface area contributed by atoms with Crippen molar-refractivity contribution < 1.29 is 4.39 Å². The molecule has 0 saturated carbocycles. The van der Waals surface area contributed by atoms with Gasteiger partial charge >= 0.3 is 0 Å². The Morgan fingerprint density at radius 1 is 1.25 bits per heavy atom. The molecule has 0 aliphatic carbocycles. The van der Waals surface area contributed by atoms with Crippen molar-refractivity contribution in [3.63, 3.8) is 0 Å². The third kappa shape index (κ3) is 2.54. The highest BCUT2D eigenvalue weighted by molar-refractivity contribution is 9.11. The van der Waals surface area contributed by atoms with Crippen molar-refractivity contribution in [3.8, 4) is 0 Å². The lowest BCUT2D eigenvalue weighted by molar-refractivity contribution is 0.437. The number of alkyl halides is 1. The number of nitrogens with two attached hydrogens (primary N) is 1. The van der Waals surface area contributed by atoms with Crippen LogP contribution in [0.2, 0.25) is 0 Å². The minimum atomic E-state index is -0.539. The van der Waals surface area contributed by atoms with Crippen LogP contribution >= 0.6 is 31.9 Å². The highest BCUT2D eigenvalue weighted by Crippen LogP contribution is 2.23. The van der Waals surface area contributed by atoms with Crippen LogP contribution in [0, 0.1) is 0 Å². The first-order valence-electron chi connectivity index (χ1n) is 3.41. The molecule has 0 amide bonds. The molecule has 1 nitrogen and oxygen atoms in total. The van der Waals surface area contributed by atoms with Gasteiger partial charge in [-0.05, 0) is 23.8 Å². The van der Waals surface area contributed by atoms with Crippen LogP contribution in [0.15, 0.2) is 27.1 Å². The Labute approximate surface area is 87.4 Å². The Hall–Kier alpha value is 0.0700. The first kappa shape index (κ1) is 10.2. The minimum absolute atomic E-state index is 0.529. The van der Waals surface area contributed by atoms with E-state index in [-0.39, 0.29) is 0 Å². The van der Waals surface area contributed by atoms with E-state index >= 15 is 0 Å². The lowest BCUT2D eigenvalue weighted by atomic mass is 10.1. The molecule has 1 aromatic carbocycles. The van der Waals surface area contributed by atoms with Gasteiger partial charge in [0.25, 0.3) is 0 Å². The number of rotatable bonds is 2. The Kier molecular flexibility index (Phi) is 3.68. The molecular weight excluding hydrogens is 289 g/mol. The maximum atomic E-state index is 12.2. The summed E-state index contributed by atoms with van der Waals surface area (Å²) in [6.07, 6.45) is 0. The van der Waals surface area contributed by atoms with Crippen molar-refractivity contribution >= 4 is 31.9 Å². The van der Waals surface area contributed by atoms with Crippen molar-refractivity contribution in [2.24, 2.45) is 5.73 Å². The summed E-state index contributed by atoms with van der Waals surface area (Å²) in [5.41, 5.74) is 6.31. The lowest BCUT2D eigenvalue weighted by Gasteiger charge is -2.08. The normalized spacial score (nSPS) is 13.0. The molecule has 0 aliphatic heterocycles. The monoisotopic (exact) mass is 295 g/mol. The molecule has 0 aromatic heterocycles. The van der Waals surface area contributed by atoms with Crippen LogP contribution in [0.1, 0.15) is 11.6 Å². The third-order valence-electron chi connectivity index (χ3n) is 1.48. The molecule has 66 valence electrons. The minimum Gasteiger partial charge on any atom is -0.322 e. The molecular formula is C8H8Br2FN. The quantitative estimate of drug-likeness (QED) is 0.891. The number of hydrogen-bond donors (Lipinski definition) is 1. The zero-order valence-corrected chi connectivity index (χ0v) is 9.40. The second kappa shape index (κ2) is 4.35. The molecule has 12 heavy (non-hydrogen) atoms. The molecule has 0 bridgehead atoms. The molecule has 0 saturated heterocycles. The van der Waals surface area contributed by atoms with Gasteiger partial charge < -0.3 is 5.73 Å². The van der Waals surface area contributed by atoms with Gasteiger partial charge in [-0.3, -0.25) is 0 Å². The predicted octanol–water partition coefficient (Wildman–Crippen LogP) is 3.18. The van der Waals surface area contributed by atoms with Crippen molar-refractivity contribution in [3.05, 3.63) is 32.7 Å². The number of halogens is 3. The summed E-state index contributed by atoms with van der Waals surface area (Å²) in [6, 6.07) is 4.98. The summed E-state index contributed by atoms with van der Waals surface area (Å²) in [6.45, 7) is -0.539. The van der Waals surface area contributed by atoms with Gasteiger partial charge in [0.1, 0.15) is 6.67 Å². The van der Waals surface area contributed by atoms with Gasteiger partial charge in [0.2, 0.25) is 0 Å². The van der Waals surface area contributed by atoms with Gasteiger partial charge in [-0.15, -0.1) is 0 Å². The summed E-state index contributed by atoms with van der Waals surface area (Å²) in [5.74, 6) is 0. The second-order valence-electron chi connectivity index (χ2n) is 2.46. The van der Waals surface area contributed by atoms with Crippen LogP contribution in [0.5, 0.6) is 0 Å². The Morgan fingerprint density at radius 2 is 1.75 bits per heavy atom. The van der Waals surface area contributed by atoms with Crippen LogP contribution in [-0.2, 0) is 0 Å². The predicted molar refractivity (Wildman–Crippen MR) is 54.7 cm³/mol. The van der Waals surface area contributed by atoms with E-state index in [1.807, 2.05) is 18.2 Å². The van der Waals surface area contributed by atoms with Crippen molar-refractivity contribution in [2.45, 2.75) is 6.04 Å². The van der Waals surface area contributed by atoms with Gasteiger partial charge in [0.15, 0.2) is 0 Å². The maximum Gasteiger partial charge on any atom is 0.109 e. The smallest absolute Gasteiger partial charge is 0.109 e. The zero-order chi connectivity index (χ0) is 9.14. The molecule has 0 aliphatic rings.